The van der Waals surface area contributed by atoms with E-state index < -0.39 is 11.7 Å². The fraction of sp³-hybridized carbons (Fsp3) is 0.316. The molecule has 0 aliphatic carbocycles. The van der Waals surface area contributed by atoms with Gasteiger partial charge in [0.1, 0.15) is 16.3 Å². The molecule has 1 amide bonds. The van der Waals surface area contributed by atoms with E-state index in [-0.39, 0.29) is 11.7 Å². The number of aryl methyl sites for hydroxylation is 1. The van der Waals surface area contributed by atoms with Gasteiger partial charge < -0.3 is 9.15 Å². The van der Waals surface area contributed by atoms with Gasteiger partial charge in [-0.15, -0.1) is 0 Å². The molecule has 3 aromatic rings. The Labute approximate surface area is 170 Å². The number of anilines is 1. The number of pyridine rings is 2. The summed E-state index contributed by atoms with van der Waals surface area (Å²) in [4.78, 5) is 22.8. The second kappa shape index (κ2) is 7.48. The third-order valence-electron chi connectivity index (χ3n) is 3.76. The predicted molar refractivity (Wildman–Crippen MR) is 108 cm³/mol. The third kappa shape index (κ3) is 4.42. The first-order valence-electron chi connectivity index (χ1n) is 8.30. The Bertz CT molecular complexity index is 983. The molecule has 0 aromatic carbocycles. The minimum atomic E-state index is -0.650. The van der Waals surface area contributed by atoms with Crippen LogP contribution in [0.3, 0.4) is 0 Å². The van der Waals surface area contributed by atoms with E-state index in [2.05, 4.69) is 25.9 Å². The molecule has 0 aliphatic heterocycles. The number of rotatable bonds is 3. The number of halogens is 2. The van der Waals surface area contributed by atoms with Crippen LogP contribution in [-0.2, 0) is 11.3 Å². The monoisotopic (exact) mass is 451 g/mol. The van der Waals surface area contributed by atoms with Crippen LogP contribution in [0, 0.1) is 6.92 Å². The van der Waals surface area contributed by atoms with E-state index in [0.29, 0.717) is 21.5 Å². The lowest BCUT2D eigenvalue weighted by Gasteiger charge is -2.27. The Morgan fingerprint density at radius 1 is 1.33 bits per heavy atom. The molecule has 27 heavy (non-hydrogen) atoms. The van der Waals surface area contributed by atoms with Crippen molar-refractivity contribution in [2.45, 2.75) is 39.8 Å². The smallest absolute Gasteiger partial charge is 0.415 e. The maximum Gasteiger partial charge on any atom is 0.415 e. The van der Waals surface area contributed by atoms with E-state index in [0.717, 1.165) is 11.1 Å². The molecule has 3 heterocycles. The minimum absolute atomic E-state index is 0.261. The second-order valence-corrected chi connectivity index (χ2v) is 8.17. The number of ether oxygens (including phenoxy) is 1. The highest BCUT2D eigenvalue weighted by Gasteiger charge is 2.28. The molecule has 8 heteroatoms. The first-order valence-corrected chi connectivity index (χ1v) is 9.47. The average Bonchev–Trinajstić information content (AvgIpc) is 2.86. The Morgan fingerprint density at radius 3 is 2.63 bits per heavy atom. The highest BCUT2D eigenvalue weighted by atomic mass is 79.9. The van der Waals surface area contributed by atoms with E-state index in [1.54, 1.807) is 18.5 Å². The van der Waals surface area contributed by atoms with E-state index in [1.807, 2.05) is 39.8 Å². The first kappa shape index (κ1) is 19.6. The number of carbonyl (C=O) groups excluding carboxylic acids is 1. The number of nitrogens with zero attached hydrogens (tertiary/aromatic N) is 3. The molecule has 142 valence electrons. The number of hydrogen-bond acceptors (Lipinski definition) is 5. The van der Waals surface area contributed by atoms with Gasteiger partial charge in [0.05, 0.1) is 12.2 Å². The Kier molecular flexibility index (Phi) is 5.44. The summed E-state index contributed by atoms with van der Waals surface area (Å²) in [5, 5.41) is 0.261. The van der Waals surface area contributed by atoms with Crippen LogP contribution in [0.15, 0.2) is 39.7 Å². The average molecular weight is 453 g/mol. The van der Waals surface area contributed by atoms with E-state index in [9.17, 15) is 4.79 Å². The third-order valence-corrected chi connectivity index (χ3v) is 4.71. The van der Waals surface area contributed by atoms with Crippen molar-refractivity contribution in [2.24, 2.45) is 0 Å². The van der Waals surface area contributed by atoms with Gasteiger partial charge in [-0.05, 0) is 61.3 Å². The van der Waals surface area contributed by atoms with Crippen LogP contribution in [0.1, 0.15) is 31.9 Å². The van der Waals surface area contributed by atoms with Crippen molar-refractivity contribution in [3.05, 3.63) is 51.5 Å². The molecule has 6 nitrogen and oxygen atoms in total. The SMILES string of the molecule is Cc1c(Br)oc2c(N(Cc3ccncc3)C(=O)OC(C)(C)C)cc(Cl)nc12. The zero-order chi connectivity index (χ0) is 19.8. The van der Waals surface area contributed by atoms with Crippen molar-refractivity contribution in [1.82, 2.24) is 9.97 Å². The topological polar surface area (TPSA) is 68.5 Å². The van der Waals surface area contributed by atoms with Gasteiger partial charge in [-0.3, -0.25) is 9.88 Å². The Morgan fingerprint density at radius 2 is 2.00 bits per heavy atom. The van der Waals surface area contributed by atoms with Gasteiger partial charge in [0.15, 0.2) is 10.3 Å². The second-order valence-electron chi connectivity index (χ2n) is 7.06. The standard InChI is InChI=1S/C19H19BrClN3O3/c1-11-15-16(26-17(11)20)13(9-14(21)23-15)24(18(25)27-19(2,3)4)10-12-5-7-22-8-6-12/h5-9H,10H2,1-4H3. The summed E-state index contributed by atoms with van der Waals surface area (Å²) in [6, 6.07) is 5.27. The molecular formula is C19H19BrClN3O3. The molecule has 3 aromatic heterocycles. The van der Waals surface area contributed by atoms with Crippen LogP contribution in [0.25, 0.3) is 11.1 Å². The van der Waals surface area contributed by atoms with Gasteiger partial charge in [0.25, 0.3) is 0 Å². The van der Waals surface area contributed by atoms with Crippen molar-refractivity contribution in [3.63, 3.8) is 0 Å². The molecule has 0 saturated carbocycles. The van der Waals surface area contributed by atoms with Gasteiger partial charge in [-0.25, -0.2) is 9.78 Å². The molecule has 0 spiro atoms. The summed E-state index contributed by atoms with van der Waals surface area (Å²) in [7, 11) is 0. The van der Waals surface area contributed by atoms with E-state index in [1.165, 1.54) is 4.90 Å². The largest absolute Gasteiger partial charge is 0.445 e. The predicted octanol–water partition coefficient (Wildman–Crippen LogP) is 5.89. The molecule has 0 aliphatic rings. The zero-order valence-electron chi connectivity index (χ0n) is 15.4. The highest BCUT2D eigenvalue weighted by Crippen LogP contribution is 2.37. The quantitative estimate of drug-likeness (QED) is 0.464. The van der Waals surface area contributed by atoms with Crippen molar-refractivity contribution >= 4 is 50.4 Å². The molecular weight excluding hydrogens is 434 g/mol. The fourth-order valence-electron chi connectivity index (χ4n) is 2.54. The van der Waals surface area contributed by atoms with Crippen LogP contribution in [0.5, 0.6) is 0 Å². The van der Waals surface area contributed by atoms with Crippen LogP contribution < -0.4 is 4.90 Å². The van der Waals surface area contributed by atoms with Crippen molar-refractivity contribution < 1.29 is 13.9 Å². The van der Waals surface area contributed by atoms with Gasteiger partial charge in [-0.2, -0.15) is 0 Å². The molecule has 0 N–H and O–H groups in total. The molecule has 0 saturated heterocycles. The molecule has 0 fully saturated rings. The maximum atomic E-state index is 13.0. The van der Waals surface area contributed by atoms with Crippen molar-refractivity contribution in [2.75, 3.05) is 4.90 Å². The molecule has 0 atom stereocenters. The van der Waals surface area contributed by atoms with Crippen molar-refractivity contribution in [1.29, 1.82) is 0 Å². The lowest BCUT2D eigenvalue weighted by Crippen LogP contribution is -2.36. The molecule has 0 radical (unpaired) electrons. The number of fused-ring (bicyclic) bond motifs is 1. The summed E-state index contributed by atoms with van der Waals surface area (Å²) in [5.41, 5.74) is 2.59. The molecule has 0 unspecified atom stereocenters. The summed E-state index contributed by atoms with van der Waals surface area (Å²) >= 11 is 9.61. The number of hydrogen-bond donors (Lipinski definition) is 0. The number of carbonyl (C=O) groups is 1. The van der Waals surface area contributed by atoms with Crippen LogP contribution in [0.2, 0.25) is 5.15 Å². The summed E-state index contributed by atoms with van der Waals surface area (Å²) in [6.07, 6.45) is 2.84. The number of aromatic nitrogens is 2. The first-order chi connectivity index (χ1) is 12.7. The van der Waals surface area contributed by atoms with Gasteiger partial charge in [0, 0.05) is 24.0 Å². The van der Waals surface area contributed by atoms with Crippen molar-refractivity contribution in [3.8, 4) is 0 Å². The van der Waals surface area contributed by atoms with Gasteiger partial charge >= 0.3 is 6.09 Å². The fourth-order valence-corrected chi connectivity index (χ4v) is 3.08. The molecule has 3 rings (SSSR count). The Hall–Kier alpha value is -2.12. The highest BCUT2D eigenvalue weighted by molar-refractivity contribution is 9.10. The summed E-state index contributed by atoms with van der Waals surface area (Å²) in [5.74, 6) is 0. The normalized spacial score (nSPS) is 11.6. The maximum absolute atomic E-state index is 13.0. The van der Waals surface area contributed by atoms with E-state index >= 15 is 0 Å². The van der Waals surface area contributed by atoms with Gasteiger partial charge in [0.2, 0.25) is 0 Å². The van der Waals surface area contributed by atoms with Gasteiger partial charge in [-0.1, -0.05) is 11.6 Å². The lowest BCUT2D eigenvalue weighted by atomic mass is 10.2. The zero-order valence-corrected chi connectivity index (χ0v) is 17.8. The van der Waals surface area contributed by atoms with E-state index in [4.69, 9.17) is 20.8 Å². The Balaban J connectivity index is 2.14. The van der Waals surface area contributed by atoms with Crippen LogP contribution >= 0.6 is 27.5 Å². The number of amides is 1. The molecule has 0 bridgehead atoms. The minimum Gasteiger partial charge on any atom is -0.445 e. The van der Waals surface area contributed by atoms with Crippen LogP contribution in [-0.4, -0.2) is 21.7 Å². The summed E-state index contributed by atoms with van der Waals surface area (Å²) in [6.45, 7) is 7.59. The van der Waals surface area contributed by atoms with Crippen LogP contribution in [0.4, 0.5) is 10.5 Å². The summed E-state index contributed by atoms with van der Waals surface area (Å²) < 4.78 is 12.0. The number of furan rings is 1. The lowest BCUT2D eigenvalue weighted by molar-refractivity contribution is 0.0577.